The Hall–Kier alpha value is -2.08. The number of sulfonamides is 1. The monoisotopic (exact) mass is 373 g/mol. The third-order valence-corrected chi connectivity index (χ3v) is 6.72. The van der Waals surface area contributed by atoms with Gasteiger partial charge in [0.1, 0.15) is 10.7 Å². The third kappa shape index (κ3) is 3.85. The minimum atomic E-state index is -3.62. The van der Waals surface area contributed by atoms with E-state index in [-0.39, 0.29) is 4.90 Å². The molecule has 2 atom stereocenters. The molecule has 1 aliphatic rings. The van der Waals surface area contributed by atoms with Crippen LogP contribution in [0.5, 0.6) is 0 Å². The number of aromatic nitrogens is 1. The van der Waals surface area contributed by atoms with Crippen molar-refractivity contribution < 1.29 is 8.42 Å². The molecule has 0 unspecified atom stereocenters. The van der Waals surface area contributed by atoms with E-state index in [0.717, 1.165) is 18.9 Å². The van der Waals surface area contributed by atoms with Crippen molar-refractivity contribution in [3.05, 3.63) is 48.7 Å². The summed E-state index contributed by atoms with van der Waals surface area (Å²) < 4.78 is 27.5. The predicted octanol–water partition coefficient (Wildman–Crippen LogP) is 3.78. The molecule has 0 spiro atoms. The fourth-order valence-corrected chi connectivity index (χ4v) is 5.19. The van der Waals surface area contributed by atoms with E-state index in [9.17, 15) is 8.42 Å². The zero-order valence-electron chi connectivity index (χ0n) is 15.7. The van der Waals surface area contributed by atoms with Gasteiger partial charge in [-0.25, -0.2) is 13.4 Å². The highest BCUT2D eigenvalue weighted by atomic mass is 32.2. The Morgan fingerprint density at radius 2 is 1.73 bits per heavy atom. The molecule has 26 heavy (non-hydrogen) atoms. The summed E-state index contributed by atoms with van der Waals surface area (Å²) in [5.41, 5.74) is 0.665. The summed E-state index contributed by atoms with van der Waals surface area (Å²) in [5, 5.41) is 0. The quantitative estimate of drug-likeness (QED) is 0.800. The van der Waals surface area contributed by atoms with Crippen LogP contribution in [0.15, 0.2) is 53.6 Å². The van der Waals surface area contributed by atoms with Gasteiger partial charge in [-0.15, -0.1) is 0 Å². The lowest BCUT2D eigenvalue weighted by Crippen LogP contribution is -2.39. The van der Waals surface area contributed by atoms with Crippen LogP contribution in [-0.2, 0) is 10.0 Å². The molecule has 140 valence electrons. The van der Waals surface area contributed by atoms with Crippen molar-refractivity contribution in [2.45, 2.75) is 32.1 Å². The van der Waals surface area contributed by atoms with Crippen molar-refractivity contribution in [1.29, 1.82) is 0 Å². The number of hydrogen-bond acceptors (Lipinski definition) is 4. The van der Waals surface area contributed by atoms with Gasteiger partial charge in [-0.3, -0.25) is 4.31 Å². The Morgan fingerprint density at radius 1 is 1.08 bits per heavy atom. The van der Waals surface area contributed by atoms with Crippen molar-refractivity contribution in [3.8, 4) is 0 Å². The number of anilines is 2. The van der Waals surface area contributed by atoms with Crippen molar-refractivity contribution in [2.75, 3.05) is 28.8 Å². The van der Waals surface area contributed by atoms with Gasteiger partial charge in [-0.05, 0) is 49.4 Å². The van der Waals surface area contributed by atoms with Crippen molar-refractivity contribution in [2.24, 2.45) is 11.8 Å². The normalized spacial score (nSPS) is 20.8. The van der Waals surface area contributed by atoms with Crippen LogP contribution >= 0.6 is 0 Å². The van der Waals surface area contributed by atoms with Crippen molar-refractivity contribution >= 4 is 21.5 Å². The molecule has 0 radical (unpaired) electrons. The Balaban J connectivity index is 1.85. The molecule has 2 aromatic rings. The second kappa shape index (κ2) is 7.66. The first kappa shape index (κ1) is 18.7. The molecule has 0 amide bonds. The first-order chi connectivity index (χ1) is 12.4. The number of pyridine rings is 1. The number of para-hydroxylation sites is 1. The van der Waals surface area contributed by atoms with Crippen LogP contribution in [0.3, 0.4) is 0 Å². The van der Waals surface area contributed by atoms with Gasteiger partial charge >= 0.3 is 0 Å². The summed E-state index contributed by atoms with van der Waals surface area (Å²) in [5.74, 6) is 2.10. The largest absolute Gasteiger partial charge is 0.356 e. The summed E-state index contributed by atoms with van der Waals surface area (Å²) >= 11 is 0. The maximum absolute atomic E-state index is 13.0. The van der Waals surface area contributed by atoms with Crippen LogP contribution in [0, 0.1) is 11.8 Å². The molecule has 3 rings (SSSR count). The van der Waals surface area contributed by atoms with Crippen LogP contribution in [0.2, 0.25) is 0 Å². The summed E-state index contributed by atoms with van der Waals surface area (Å²) in [6.07, 6.45) is 2.71. The van der Waals surface area contributed by atoms with Crippen LogP contribution in [0.25, 0.3) is 0 Å². The van der Waals surface area contributed by atoms with Gasteiger partial charge in [0.25, 0.3) is 10.0 Å². The molecule has 5 nitrogen and oxygen atoms in total. The summed E-state index contributed by atoms with van der Waals surface area (Å²) in [6.45, 7) is 8.64. The molecule has 0 saturated carbocycles. The molecular formula is C20H27N3O2S. The van der Waals surface area contributed by atoms with Crippen molar-refractivity contribution in [1.82, 2.24) is 4.98 Å². The fourth-order valence-electron chi connectivity index (χ4n) is 3.77. The number of rotatable bonds is 5. The highest BCUT2D eigenvalue weighted by Crippen LogP contribution is 2.27. The van der Waals surface area contributed by atoms with Gasteiger partial charge in [0, 0.05) is 25.8 Å². The summed E-state index contributed by atoms with van der Waals surface area (Å²) in [4.78, 5) is 6.95. The number of piperidine rings is 1. The van der Waals surface area contributed by atoms with Crippen LogP contribution in [0.4, 0.5) is 11.5 Å². The molecule has 1 saturated heterocycles. The Bertz CT molecular complexity index is 812. The third-order valence-electron chi connectivity index (χ3n) is 4.83. The molecule has 1 fully saturated rings. The first-order valence-electron chi connectivity index (χ1n) is 9.20. The zero-order valence-corrected chi connectivity index (χ0v) is 16.5. The van der Waals surface area contributed by atoms with E-state index in [2.05, 4.69) is 23.7 Å². The average Bonchev–Trinajstić information content (AvgIpc) is 2.62. The molecule has 0 N–H and O–H groups in total. The van der Waals surface area contributed by atoms with Gasteiger partial charge in [-0.1, -0.05) is 32.0 Å². The lowest BCUT2D eigenvalue weighted by atomic mass is 9.92. The fraction of sp³-hybridized carbons (Fsp3) is 0.450. The molecule has 0 bridgehead atoms. The predicted molar refractivity (Wildman–Crippen MR) is 106 cm³/mol. The number of hydrogen-bond donors (Lipinski definition) is 0. The van der Waals surface area contributed by atoms with E-state index in [0.29, 0.717) is 24.1 Å². The van der Waals surface area contributed by atoms with Gasteiger partial charge < -0.3 is 4.90 Å². The lowest BCUT2D eigenvalue weighted by Gasteiger charge is -2.35. The molecule has 0 aliphatic carbocycles. The van der Waals surface area contributed by atoms with Gasteiger partial charge in [-0.2, -0.15) is 0 Å². The maximum atomic E-state index is 13.0. The highest BCUT2D eigenvalue weighted by molar-refractivity contribution is 7.92. The average molecular weight is 374 g/mol. The van der Waals surface area contributed by atoms with E-state index in [4.69, 9.17) is 0 Å². The van der Waals surface area contributed by atoms with E-state index in [1.54, 1.807) is 18.2 Å². The molecular weight excluding hydrogens is 346 g/mol. The smallest absolute Gasteiger partial charge is 0.265 e. The second-order valence-electron chi connectivity index (χ2n) is 7.21. The summed E-state index contributed by atoms with van der Waals surface area (Å²) in [7, 11) is -3.62. The van der Waals surface area contributed by atoms with Crippen LogP contribution in [-0.4, -0.2) is 33.0 Å². The SMILES string of the molecule is CCN(c1ccccc1)S(=O)(=O)c1ccc(N2C[C@H](C)C[C@@H](C)C2)nc1. The van der Waals surface area contributed by atoms with Gasteiger partial charge in [0.05, 0.1) is 5.69 Å². The molecule has 1 aromatic heterocycles. The van der Waals surface area contributed by atoms with E-state index in [1.807, 2.05) is 31.2 Å². The highest BCUT2D eigenvalue weighted by Gasteiger charge is 2.26. The number of nitrogens with zero attached hydrogens (tertiary/aromatic N) is 3. The van der Waals surface area contributed by atoms with E-state index >= 15 is 0 Å². The summed E-state index contributed by atoms with van der Waals surface area (Å²) in [6, 6.07) is 12.7. The van der Waals surface area contributed by atoms with E-state index in [1.165, 1.54) is 16.9 Å². The Labute approximate surface area is 156 Å². The van der Waals surface area contributed by atoms with Crippen LogP contribution < -0.4 is 9.21 Å². The van der Waals surface area contributed by atoms with Crippen molar-refractivity contribution in [3.63, 3.8) is 0 Å². The molecule has 1 aliphatic heterocycles. The van der Waals surface area contributed by atoms with E-state index < -0.39 is 10.0 Å². The van der Waals surface area contributed by atoms with Gasteiger partial charge in [0.15, 0.2) is 0 Å². The topological polar surface area (TPSA) is 53.5 Å². The Morgan fingerprint density at radius 3 is 2.27 bits per heavy atom. The second-order valence-corrected chi connectivity index (χ2v) is 9.07. The lowest BCUT2D eigenvalue weighted by molar-refractivity contribution is 0.355. The standard InChI is InChI=1S/C20H27N3O2S/c1-4-23(18-8-6-5-7-9-18)26(24,25)19-10-11-20(21-13-19)22-14-16(2)12-17(3)15-22/h5-11,13,16-17H,4,12,14-15H2,1-3H3/t16-,17-/m1/s1. The number of benzene rings is 1. The zero-order chi connectivity index (χ0) is 18.7. The molecule has 2 heterocycles. The molecule has 1 aromatic carbocycles. The minimum absolute atomic E-state index is 0.227. The first-order valence-corrected chi connectivity index (χ1v) is 10.6. The molecule has 6 heteroatoms. The maximum Gasteiger partial charge on any atom is 0.265 e. The van der Waals surface area contributed by atoms with Crippen LogP contribution in [0.1, 0.15) is 27.2 Å². The Kier molecular flexibility index (Phi) is 5.51. The minimum Gasteiger partial charge on any atom is -0.356 e. The van der Waals surface area contributed by atoms with Gasteiger partial charge in [0.2, 0.25) is 0 Å².